The lowest BCUT2D eigenvalue weighted by Crippen LogP contribution is -2.34. The van der Waals surface area contributed by atoms with Crippen LogP contribution in [0, 0.1) is 29.6 Å². The zero-order valence-corrected chi connectivity index (χ0v) is 20.4. The summed E-state index contributed by atoms with van der Waals surface area (Å²) in [6.07, 6.45) is 4.87. The molecule has 1 aliphatic heterocycles. The number of carbonyl (C=O) groups excluding carboxylic acids is 3. The number of alkyl halides is 1. The van der Waals surface area contributed by atoms with Crippen molar-refractivity contribution in [1.82, 2.24) is 10.3 Å². The van der Waals surface area contributed by atoms with Crippen molar-refractivity contribution in [1.29, 1.82) is 0 Å². The largest absolute Gasteiger partial charge is 0.496 e. The molecule has 190 valence electrons. The number of aldehydes is 1. The van der Waals surface area contributed by atoms with Crippen molar-refractivity contribution in [3.05, 3.63) is 29.5 Å². The normalized spacial score (nSPS) is 25.5. The summed E-state index contributed by atoms with van der Waals surface area (Å²) in [5, 5.41) is 3.83. The topological polar surface area (TPSA) is 121 Å². The van der Waals surface area contributed by atoms with Crippen LogP contribution >= 0.6 is 0 Å². The number of fused-ring (bicyclic) bond motifs is 1. The molecule has 2 amide bonds. The third-order valence-corrected chi connectivity index (χ3v) is 7.15. The second kappa shape index (κ2) is 10.9. The van der Waals surface area contributed by atoms with Crippen LogP contribution < -0.4 is 20.5 Å². The molecular formula is C27H30FN3O5. The zero-order valence-electron chi connectivity index (χ0n) is 20.4. The third-order valence-electron chi connectivity index (χ3n) is 7.15. The molecule has 0 radical (unpaired) electrons. The molecule has 3 N–H and O–H groups in total. The van der Waals surface area contributed by atoms with Crippen molar-refractivity contribution in [3.63, 3.8) is 0 Å². The molecule has 2 fully saturated rings. The molecule has 36 heavy (non-hydrogen) atoms. The summed E-state index contributed by atoms with van der Waals surface area (Å²) in [4.78, 5) is 39.3. The van der Waals surface area contributed by atoms with Gasteiger partial charge < -0.3 is 25.3 Å². The molecule has 0 unspecified atom stereocenters. The Kier molecular flexibility index (Phi) is 7.73. The van der Waals surface area contributed by atoms with Crippen LogP contribution in [0.1, 0.15) is 54.9 Å². The van der Waals surface area contributed by atoms with Crippen LogP contribution in [0.4, 0.5) is 4.39 Å². The van der Waals surface area contributed by atoms with Crippen LogP contribution in [-0.2, 0) is 9.59 Å². The van der Waals surface area contributed by atoms with E-state index in [0.717, 1.165) is 32.0 Å². The Morgan fingerprint density at radius 1 is 1.28 bits per heavy atom. The minimum absolute atomic E-state index is 0.0393. The molecule has 1 saturated heterocycles. The Hall–Kier alpha value is -3.67. The number of hydrogen-bond acceptors (Lipinski definition) is 6. The lowest BCUT2D eigenvalue weighted by molar-refractivity contribution is -0.124. The van der Waals surface area contributed by atoms with E-state index in [-0.39, 0.29) is 35.6 Å². The molecule has 4 rings (SSSR count). The molecule has 1 aliphatic carbocycles. The van der Waals surface area contributed by atoms with Crippen LogP contribution in [0.25, 0.3) is 10.8 Å². The fraction of sp³-hybridized carbons (Fsp3) is 0.481. The lowest BCUT2D eigenvalue weighted by atomic mass is 9.83. The first-order valence-electron chi connectivity index (χ1n) is 12.2. The molecular weight excluding hydrogens is 465 g/mol. The van der Waals surface area contributed by atoms with Crippen molar-refractivity contribution in [2.24, 2.45) is 23.5 Å². The summed E-state index contributed by atoms with van der Waals surface area (Å²) in [7, 11) is 1.43. The number of primary amides is 1. The highest BCUT2D eigenvalue weighted by Crippen LogP contribution is 2.34. The predicted octanol–water partition coefficient (Wildman–Crippen LogP) is 2.94. The van der Waals surface area contributed by atoms with Crippen molar-refractivity contribution in [2.45, 2.75) is 51.2 Å². The van der Waals surface area contributed by atoms with E-state index in [4.69, 9.17) is 15.2 Å². The van der Waals surface area contributed by atoms with Gasteiger partial charge in [0.1, 0.15) is 18.6 Å². The number of pyridine rings is 1. The average molecular weight is 496 g/mol. The predicted molar refractivity (Wildman–Crippen MR) is 131 cm³/mol. The molecule has 2 aliphatic rings. The Bertz CT molecular complexity index is 1230. The number of rotatable bonds is 7. The number of amides is 2. The molecule has 0 spiro atoms. The minimum Gasteiger partial charge on any atom is -0.496 e. The second-order valence-electron chi connectivity index (χ2n) is 9.36. The van der Waals surface area contributed by atoms with Crippen LogP contribution in [0.5, 0.6) is 11.6 Å². The van der Waals surface area contributed by atoms with Gasteiger partial charge in [0.2, 0.25) is 5.88 Å². The fourth-order valence-corrected chi connectivity index (χ4v) is 4.99. The molecule has 8 nitrogen and oxygen atoms in total. The van der Waals surface area contributed by atoms with E-state index in [9.17, 15) is 18.8 Å². The molecule has 9 heteroatoms. The number of aromatic nitrogens is 1. The highest BCUT2D eigenvalue weighted by Gasteiger charge is 2.41. The van der Waals surface area contributed by atoms with E-state index in [1.807, 2.05) is 6.92 Å². The molecule has 3 atom stereocenters. The summed E-state index contributed by atoms with van der Waals surface area (Å²) >= 11 is 0. The number of carbonyl (C=O) groups is 3. The van der Waals surface area contributed by atoms with Gasteiger partial charge in [-0.05, 0) is 44.2 Å². The Labute approximate surface area is 209 Å². The van der Waals surface area contributed by atoms with Gasteiger partial charge >= 0.3 is 0 Å². The second-order valence-corrected chi connectivity index (χ2v) is 9.36. The Morgan fingerprint density at radius 2 is 2.03 bits per heavy atom. The minimum atomic E-state index is -1.56. The van der Waals surface area contributed by atoms with Crippen LogP contribution in [0.15, 0.2) is 18.3 Å². The van der Waals surface area contributed by atoms with Gasteiger partial charge in [0, 0.05) is 34.7 Å². The first-order valence-corrected chi connectivity index (χ1v) is 12.2. The summed E-state index contributed by atoms with van der Waals surface area (Å²) < 4.78 is 25.5. The van der Waals surface area contributed by atoms with Crippen LogP contribution in [0.3, 0.4) is 0 Å². The molecule has 2 heterocycles. The van der Waals surface area contributed by atoms with Crippen molar-refractivity contribution in [3.8, 4) is 23.5 Å². The lowest BCUT2D eigenvalue weighted by Gasteiger charge is -2.21. The van der Waals surface area contributed by atoms with Crippen molar-refractivity contribution < 1.29 is 28.2 Å². The SMILES string of the molecule is CC[C@@H]1[C@H](F)C(=O)N[C@@H]1COc1ncc(C#CC2CCC(C=O)CC2)c2cc(C(N)=O)c(OC)cc12. The smallest absolute Gasteiger partial charge is 0.255 e. The zero-order chi connectivity index (χ0) is 25.8. The van der Waals surface area contributed by atoms with E-state index < -0.39 is 29.9 Å². The highest BCUT2D eigenvalue weighted by atomic mass is 19.1. The summed E-state index contributed by atoms with van der Waals surface area (Å²) in [6, 6.07) is 2.75. The third kappa shape index (κ3) is 5.13. The van der Waals surface area contributed by atoms with E-state index in [0.29, 0.717) is 22.8 Å². The van der Waals surface area contributed by atoms with Gasteiger partial charge in [-0.15, -0.1) is 0 Å². The maximum atomic E-state index is 14.2. The van der Waals surface area contributed by atoms with Crippen molar-refractivity contribution in [2.75, 3.05) is 13.7 Å². The molecule has 1 aromatic carbocycles. The van der Waals surface area contributed by atoms with Gasteiger partial charge in [-0.3, -0.25) is 9.59 Å². The van der Waals surface area contributed by atoms with Gasteiger partial charge in [0.15, 0.2) is 6.17 Å². The Balaban J connectivity index is 1.67. The van der Waals surface area contributed by atoms with E-state index in [2.05, 4.69) is 22.1 Å². The standard InChI is InChI=1S/C27H30FN3O5/c1-3-18-22(31-26(34)24(18)28)14-36-27-20-11-23(35-2)21(25(29)33)10-19(20)17(12-30-27)9-8-15-4-6-16(13-32)7-5-15/h10-13,15-16,18,22,24H,3-7,14H2,1-2H3,(H2,29,33)(H,31,34)/t15?,16?,18-,22+,24-/m0/s1. The van der Waals surface area contributed by atoms with Crippen molar-refractivity contribution >= 4 is 28.9 Å². The fourth-order valence-electron chi connectivity index (χ4n) is 4.99. The number of ether oxygens (including phenoxy) is 2. The summed E-state index contributed by atoms with van der Waals surface area (Å²) in [5.74, 6) is 5.52. The maximum Gasteiger partial charge on any atom is 0.255 e. The van der Waals surface area contributed by atoms with E-state index in [1.165, 1.54) is 7.11 Å². The van der Waals surface area contributed by atoms with Gasteiger partial charge in [-0.2, -0.15) is 0 Å². The maximum absolute atomic E-state index is 14.2. The average Bonchev–Trinajstić information content (AvgIpc) is 3.17. The summed E-state index contributed by atoms with van der Waals surface area (Å²) in [6.45, 7) is 1.87. The first-order chi connectivity index (χ1) is 17.4. The number of nitrogens with zero attached hydrogens (tertiary/aromatic N) is 1. The van der Waals surface area contributed by atoms with Gasteiger partial charge in [0.25, 0.3) is 11.8 Å². The van der Waals surface area contributed by atoms with Crippen LogP contribution in [0.2, 0.25) is 0 Å². The number of hydrogen-bond donors (Lipinski definition) is 2. The number of nitrogens with one attached hydrogen (secondary N) is 1. The molecule has 2 aromatic rings. The summed E-state index contributed by atoms with van der Waals surface area (Å²) in [5.41, 5.74) is 6.38. The van der Waals surface area contributed by atoms with E-state index in [1.54, 1.807) is 18.3 Å². The van der Waals surface area contributed by atoms with Crippen LogP contribution in [-0.4, -0.2) is 49.0 Å². The first kappa shape index (κ1) is 25.4. The van der Waals surface area contributed by atoms with Gasteiger partial charge in [0.05, 0.1) is 24.3 Å². The molecule has 0 bridgehead atoms. The molecule has 1 aromatic heterocycles. The quantitative estimate of drug-likeness (QED) is 0.450. The van der Waals surface area contributed by atoms with Gasteiger partial charge in [-0.25, -0.2) is 9.37 Å². The Morgan fingerprint density at radius 3 is 2.67 bits per heavy atom. The number of benzene rings is 1. The van der Waals surface area contributed by atoms with E-state index >= 15 is 0 Å². The number of nitrogens with two attached hydrogens (primary N) is 1. The van der Waals surface area contributed by atoms with Gasteiger partial charge in [-0.1, -0.05) is 18.8 Å². The highest BCUT2D eigenvalue weighted by molar-refractivity contribution is 6.03. The monoisotopic (exact) mass is 495 g/mol. The molecule has 1 saturated carbocycles. The number of halogens is 1. The number of methoxy groups -OCH3 is 1.